The second-order valence-electron chi connectivity index (χ2n) is 4.53. The zero-order valence-corrected chi connectivity index (χ0v) is 8.05. The zero-order chi connectivity index (χ0) is 8.70. The Hall–Kier alpha value is -0.630. The first kappa shape index (κ1) is 8.47. The fraction of sp³-hybridized carbons (Fsp3) is 0.667. The normalized spacial score (nSPS) is 22.1. The number of hydrogen-bond acceptors (Lipinski definition) is 1. The Morgan fingerprint density at radius 3 is 2.00 bits per heavy atom. The van der Waals surface area contributed by atoms with Gasteiger partial charge in [0, 0.05) is 11.5 Å². The van der Waals surface area contributed by atoms with Gasteiger partial charge in [-0.1, -0.05) is 25.9 Å². The van der Waals surface area contributed by atoms with Crippen molar-refractivity contribution in [3.8, 4) is 0 Å². The summed E-state index contributed by atoms with van der Waals surface area (Å²) in [5.41, 5.74) is 1.37. The van der Waals surface area contributed by atoms with Crippen molar-refractivity contribution in [2.75, 3.05) is 14.1 Å². The van der Waals surface area contributed by atoms with Gasteiger partial charge in [-0.15, -0.1) is 0 Å². The quantitative estimate of drug-likeness (QED) is 0.472. The number of hydrogen-bond donors (Lipinski definition) is 0. The van der Waals surface area contributed by atoms with Crippen molar-refractivity contribution in [1.82, 2.24) is 0 Å². The van der Waals surface area contributed by atoms with Crippen molar-refractivity contribution >= 4 is 5.71 Å². The minimum Gasteiger partial charge on any atom is -0.177 e. The van der Waals surface area contributed by atoms with Gasteiger partial charge in [0.1, 0.15) is 11.9 Å². The van der Waals surface area contributed by atoms with E-state index in [-0.39, 0.29) is 5.41 Å². The third-order valence-electron chi connectivity index (χ3n) is 1.73. The van der Waals surface area contributed by atoms with Crippen LogP contribution in [-0.4, -0.2) is 24.4 Å². The second-order valence-corrected chi connectivity index (χ2v) is 4.53. The highest BCUT2D eigenvalue weighted by Gasteiger charge is 2.27. The lowest BCUT2D eigenvalue weighted by Gasteiger charge is -2.17. The molecule has 0 saturated heterocycles. The highest BCUT2D eigenvalue weighted by Crippen LogP contribution is 2.23. The highest BCUT2D eigenvalue weighted by atomic mass is 15.6. The van der Waals surface area contributed by atoms with Crippen LogP contribution in [0.2, 0.25) is 0 Å². The molecule has 0 aromatic heterocycles. The first-order valence-electron chi connectivity index (χ1n) is 3.95. The van der Waals surface area contributed by atoms with Crippen LogP contribution >= 0.6 is 0 Å². The minimum absolute atomic E-state index is 0.183. The van der Waals surface area contributed by atoms with E-state index >= 15 is 0 Å². The number of nitrogens with zero attached hydrogens (tertiary/aromatic N) is 2. The van der Waals surface area contributed by atoms with Crippen LogP contribution in [0.3, 0.4) is 0 Å². The summed E-state index contributed by atoms with van der Waals surface area (Å²) in [6.07, 6.45) is 4.21. The van der Waals surface area contributed by atoms with Crippen molar-refractivity contribution in [2.24, 2.45) is 10.5 Å². The van der Waals surface area contributed by atoms with Crippen LogP contribution in [0.5, 0.6) is 0 Å². The van der Waals surface area contributed by atoms with Gasteiger partial charge in [-0.2, -0.15) is 4.59 Å². The monoisotopic (exact) mass is 153 g/mol. The summed E-state index contributed by atoms with van der Waals surface area (Å²) in [6.45, 7) is 6.55. The Balaban J connectivity index is 2.89. The molecule has 0 fully saturated rings. The number of quaternary nitrogens is 1. The predicted molar refractivity (Wildman–Crippen MR) is 48.1 cm³/mol. The first-order valence-corrected chi connectivity index (χ1v) is 3.95. The average Bonchev–Trinajstić information content (AvgIpc) is 2.07. The van der Waals surface area contributed by atoms with E-state index in [1.807, 2.05) is 0 Å². The molecule has 2 heteroatoms. The molecule has 0 bridgehead atoms. The van der Waals surface area contributed by atoms with Crippen LogP contribution in [0, 0.1) is 5.41 Å². The molecule has 0 atom stereocenters. The Morgan fingerprint density at radius 1 is 1.27 bits per heavy atom. The van der Waals surface area contributed by atoms with Crippen LogP contribution in [0.15, 0.2) is 17.4 Å². The summed E-state index contributed by atoms with van der Waals surface area (Å²) >= 11 is 0. The molecule has 1 aliphatic heterocycles. The Morgan fingerprint density at radius 2 is 1.82 bits per heavy atom. The SMILES string of the molecule is CC(C)(C)C1=N[N+](C)(C)C=C1. The summed E-state index contributed by atoms with van der Waals surface area (Å²) in [6, 6.07) is 0. The number of rotatable bonds is 0. The van der Waals surface area contributed by atoms with Gasteiger partial charge in [0.2, 0.25) is 0 Å². The summed E-state index contributed by atoms with van der Waals surface area (Å²) in [5.74, 6) is 0. The van der Waals surface area contributed by atoms with Gasteiger partial charge < -0.3 is 0 Å². The number of allylic oxidation sites excluding steroid dienone is 1. The van der Waals surface area contributed by atoms with Gasteiger partial charge in [0.25, 0.3) is 0 Å². The molecule has 0 aromatic carbocycles. The highest BCUT2D eigenvalue weighted by molar-refractivity contribution is 5.99. The van der Waals surface area contributed by atoms with Gasteiger partial charge >= 0.3 is 0 Å². The van der Waals surface area contributed by atoms with Crippen molar-refractivity contribution in [1.29, 1.82) is 0 Å². The van der Waals surface area contributed by atoms with Crippen molar-refractivity contribution in [3.63, 3.8) is 0 Å². The van der Waals surface area contributed by atoms with Gasteiger partial charge in [-0.05, 0) is 0 Å². The maximum Gasteiger partial charge on any atom is 0.124 e. The molecule has 0 radical (unpaired) electrons. The molecular formula is C9H17N2+. The van der Waals surface area contributed by atoms with Crippen LogP contribution < -0.4 is 0 Å². The third-order valence-corrected chi connectivity index (χ3v) is 1.73. The maximum atomic E-state index is 4.53. The maximum absolute atomic E-state index is 4.53. The molecular weight excluding hydrogens is 136 g/mol. The first-order chi connectivity index (χ1) is 4.81. The van der Waals surface area contributed by atoms with E-state index in [0.717, 1.165) is 0 Å². The molecule has 2 nitrogen and oxygen atoms in total. The van der Waals surface area contributed by atoms with Crippen LogP contribution in [0.4, 0.5) is 0 Å². The fourth-order valence-corrected chi connectivity index (χ4v) is 0.997. The van der Waals surface area contributed by atoms with Gasteiger partial charge in [0.15, 0.2) is 0 Å². The van der Waals surface area contributed by atoms with Crippen molar-refractivity contribution in [2.45, 2.75) is 20.8 Å². The lowest BCUT2D eigenvalue weighted by atomic mass is 9.90. The molecule has 1 rings (SSSR count). The predicted octanol–water partition coefficient (Wildman–Crippen LogP) is 1.99. The second kappa shape index (κ2) is 2.18. The van der Waals surface area contributed by atoms with Crippen LogP contribution in [0.25, 0.3) is 0 Å². The molecule has 0 unspecified atom stereocenters. The van der Waals surface area contributed by atoms with E-state index in [4.69, 9.17) is 0 Å². The average molecular weight is 153 g/mol. The molecule has 0 aromatic rings. The molecule has 0 N–H and O–H groups in total. The van der Waals surface area contributed by atoms with Crippen molar-refractivity contribution < 1.29 is 4.59 Å². The molecule has 62 valence electrons. The molecule has 1 aliphatic rings. The van der Waals surface area contributed by atoms with E-state index < -0.39 is 0 Å². The van der Waals surface area contributed by atoms with E-state index in [9.17, 15) is 0 Å². The molecule has 11 heavy (non-hydrogen) atoms. The molecule has 0 saturated carbocycles. The smallest absolute Gasteiger partial charge is 0.124 e. The fourth-order valence-electron chi connectivity index (χ4n) is 0.997. The molecule has 0 aliphatic carbocycles. The van der Waals surface area contributed by atoms with Crippen molar-refractivity contribution in [3.05, 3.63) is 12.3 Å². The van der Waals surface area contributed by atoms with E-state index in [1.54, 1.807) is 0 Å². The Bertz CT molecular complexity index is 216. The lowest BCUT2D eigenvalue weighted by Crippen LogP contribution is -2.25. The third kappa shape index (κ3) is 1.90. The van der Waals surface area contributed by atoms with Gasteiger partial charge in [-0.25, -0.2) is 0 Å². The zero-order valence-electron chi connectivity index (χ0n) is 8.05. The van der Waals surface area contributed by atoms with Gasteiger partial charge in [0.05, 0.1) is 14.1 Å². The van der Waals surface area contributed by atoms with E-state index in [2.05, 4.69) is 52.2 Å². The summed E-state index contributed by atoms with van der Waals surface area (Å²) in [4.78, 5) is 0. The molecule has 0 amide bonds. The molecule has 1 heterocycles. The topological polar surface area (TPSA) is 12.4 Å². The standard InChI is InChI=1S/C9H17N2/c1-9(2,3)8-6-7-11(4,5)10-8/h6-7H,1-5H3/q+1. The lowest BCUT2D eigenvalue weighted by molar-refractivity contribution is -0.843. The Labute approximate surface area is 68.8 Å². The van der Waals surface area contributed by atoms with Crippen LogP contribution in [-0.2, 0) is 0 Å². The Kier molecular flexibility index (Phi) is 1.67. The van der Waals surface area contributed by atoms with E-state index in [1.165, 1.54) is 5.71 Å². The largest absolute Gasteiger partial charge is 0.177 e. The minimum atomic E-state index is 0.183. The van der Waals surface area contributed by atoms with Gasteiger partial charge in [-0.3, -0.25) is 0 Å². The van der Waals surface area contributed by atoms with E-state index in [0.29, 0.717) is 4.59 Å². The molecule has 0 spiro atoms. The van der Waals surface area contributed by atoms with Crippen LogP contribution in [0.1, 0.15) is 20.8 Å². The summed E-state index contributed by atoms with van der Waals surface area (Å²) < 4.78 is 0.632. The summed E-state index contributed by atoms with van der Waals surface area (Å²) in [5, 5.41) is 4.53. The summed E-state index contributed by atoms with van der Waals surface area (Å²) in [7, 11) is 4.13.